The summed E-state index contributed by atoms with van der Waals surface area (Å²) in [6, 6.07) is 11.3. The Hall–Kier alpha value is -1.08. The molecule has 1 aliphatic rings. The third kappa shape index (κ3) is 3.03. The predicted molar refractivity (Wildman–Crippen MR) is 56.5 cm³/mol. The van der Waals surface area contributed by atoms with Gasteiger partial charge in [-0.05, 0) is 18.4 Å². The van der Waals surface area contributed by atoms with Gasteiger partial charge in [0.25, 0.3) is 0 Å². The minimum Gasteiger partial charge on any atom is -0.311 e. The largest absolute Gasteiger partial charge is 0.311 e. The Morgan fingerprint density at radius 2 is 2.08 bits per heavy atom. The molecule has 0 spiro atoms. The van der Waals surface area contributed by atoms with Crippen molar-refractivity contribution in [2.45, 2.75) is 18.9 Å². The lowest BCUT2D eigenvalue weighted by Crippen LogP contribution is -1.87. The van der Waals surface area contributed by atoms with Gasteiger partial charge in [0.2, 0.25) is 0 Å². The summed E-state index contributed by atoms with van der Waals surface area (Å²) in [6.07, 6.45) is 6.92. The molecule has 1 saturated heterocycles. The molecule has 1 unspecified atom stereocenters. The standard InChI is InChI=1S/C12H15N/c1-2-6-11(7-3-1)8-4-5-9-12-10-13-12/h1-4,6-8,12-13H,5,9-10H2. The number of hydrogen-bond acceptors (Lipinski definition) is 1. The summed E-state index contributed by atoms with van der Waals surface area (Å²) in [5.74, 6) is 0. The lowest BCUT2D eigenvalue weighted by atomic mass is 10.2. The lowest BCUT2D eigenvalue weighted by Gasteiger charge is -1.91. The summed E-state index contributed by atoms with van der Waals surface area (Å²) in [7, 11) is 0. The summed E-state index contributed by atoms with van der Waals surface area (Å²) >= 11 is 0. The molecular formula is C12H15N. The molecule has 1 N–H and O–H groups in total. The zero-order chi connectivity index (χ0) is 8.93. The highest BCUT2D eigenvalue weighted by atomic mass is 15.1. The quantitative estimate of drug-likeness (QED) is 0.694. The summed E-state index contributed by atoms with van der Waals surface area (Å²) in [5.41, 5.74) is 1.30. The first-order chi connectivity index (χ1) is 6.45. The van der Waals surface area contributed by atoms with Gasteiger partial charge in [-0.25, -0.2) is 0 Å². The Morgan fingerprint density at radius 1 is 1.31 bits per heavy atom. The van der Waals surface area contributed by atoms with Crippen molar-refractivity contribution in [2.75, 3.05) is 6.54 Å². The zero-order valence-electron chi connectivity index (χ0n) is 7.74. The van der Waals surface area contributed by atoms with Gasteiger partial charge in [0.15, 0.2) is 0 Å². The third-order valence-corrected chi connectivity index (χ3v) is 2.28. The van der Waals surface area contributed by atoms with Gasteiger partial charge in [-0.15, -0.1) is 0 Å². The van der Waals surface area contributed by atoms with Gasteiger partial charge in [0.1, 0.15) is 0 Å². The van der Waals surface area contributed by atoms with Crippen molar-refractivity contribution in [1.82, 2.24) is 5.32 Å². The molecule has 1 aromatic carbocycles. The zero-order valence-corrected chi connectivity index (χ0v) is 7.74. The number of nitrogens with one attached hydrogen (secondary N) is 1. The van der Waals surface area contributed by atoms with Gasteiger partial charge >= 0.3 is 0 Å². The molecular weight excluding hydrogens is 158 g/mol. The Kier molecular flexibility index (Phi) is 2.78. The summed E-state index contributed by atoms with van der Waals surface area (Å²) in [4.78, 5) is 0. The second-order valence-electron chi connectivity index (χ2n) is 3.50. The van der Waals surface area contributed by atoms with E-state index >= 15 is 0 Å². The Morgan fingerprint density at radius 3 is 2.77 bits per heavy atom. The molecule has 0 amide bonds. The molecule has 1 heterocycles. The second-order valence-corrected chi connectivity index (χ2v) is 3.50. The van der Waals surface area contributed by atoms with E-state index < -0.39 is 0 Å². The fourth-order valence-electron chi connectivity index (χ4n) is 1.37. The summed E-state index contributed by atoms with van der Waals surface area (Å²) in [6.45, 7) is 1.22. The van der Waals surface area contributed by atoms with Crippen LogP contribution < -0.4 is 5.32 Å². The summed E-state index contributed by atoms with van der Waals surface area (Å²) < 4.78 is 0. The molecule has 1 nitrogen and oxygen atoms in total. The summed E-state index contributed by atoms with van der Waals surface area (Å²) in [5, 5.41) is 3.30. The molecule has 0 aliphatic carbocycles. The van der Waals surface area contributed by atoms with Crippen LogP contribution in [0.4, 0.5) is 0 Å². The molecule has 0 saturated carbocycles. The number of hydrogen-bond donors (Lipinski definition) is 1. The van der Waals surface area contributed by atoms with Gasteiger partial charge in [0.05, 0.1) is 0 Å². The van der Waals surface area contributed by atoms with Crippen molar-refractivity contribution in [3.8, 4) is 0 Å². The fourth-order valence-corrected chi connectivity index (χ4v) is 1.37. The Bertz CT molecular complexity index is 272. The molecule has 0 radical (unpaired) electrons. The minimum absolute atomic E-state index is 0.806. The van der Waals surface area contributed by atoms with Gasteiger partial charge < -0.3 is 5.32 Å². The molecule has 1 fully saturated rings. The number of rotatable bonds is 4. The van der Waals surface area contributed by atoms with Crippen molar-refractivity contribution < 1.29 is 0 Å². The smallest absolute Gasteiger partial charge is 0.0196 e. The van der Waals surface area contributed by atoms with Crippen LogP contribution in [-0.4, -0.2) is 12.6 Å². The van der Waals surface area contributed by atoms with E-state index in [-0.39, 0.29) is 0 Å². The van der Waals surface area contributed by atoms with Gasteiger partial charge in [0, 0.05) is 12.6 Å². The monoisotopic (exact) mass is 173 g/mol. The van der Waals surface area contributed by atoms with Crippen molar-refractivity contribution in [3.05, 3.63) is 42.0 Å². The van der Waals surface area contributed by atoms with Crippen LogP contribution in [0.2, 0.25) is 0 Å². The van der Waals surface area contributed by atoms with Gasteiger partial charge in [-0.1, -0.05) is 42.5 Å². The molecule has 68 valence electrons. The molecule has 1 aromatic rings. The van der Waals surface area contributed by atoms with E-state index in [1.807, 2.05) is 6.07 Å². The van der Waals surface area contributed by atoms with Crippen molar-refractivity contribution in [2.24, 2.45) is 0 Å². The highest BCUT2D eigenvalue weighted by Crippen LogP contribution is 2.08. The normalized spacial score (nSPS) is 20.8. The highest BCUT2D eigenvalue weighted by Gasteiger charge is 2.17. The molecule has 1 aliphatic heterocycles. The molecule has 0 bridgehead atoms. The van der Waals surface area contributed by atoms with Crippen LogP contribution in [0.1, 0.15) is 18.4 Å². The van der Waals surface area contributed by atoms with E-state index in [4.69, 9.17) is 0 Å². The maximum Gasteiger partial charge on any atom is 0.0196 e. The predicted octanol–water partition coefficient (Wildman–Crippen LogP) is 2.45. The van der Waals surface area contributed by atoms with Crippen LogP contribution in [0, 0.1) is 0 Å². The Labute approximate surface area is 79.5 Å². The van der Waals surface area contributed by atoms with Gasteiger partial charge in [-0.2, -0.15) is 0 Å². The Balaban J connectivity index is 1.76. The minimum atomic E-state index is 0.806. The van der Waals surface area contributed by atoms with E-state index in [0.29, 0.717) is 0 Å². The highest BCUT2D eigenvalue weighted by molar-refractivity contribution is 5.48. The van der Waals surface area contributed by atoms with Crippen molar-refractivity contribution in [3.63, 3.8) is 0 Å². The first-order valence-corrected chi connectivity index (χ1v) is 4.90. The maximum absolute atomic E-state index is 3.30. The van der Waals surface area contributed by atoms with Crippen LogP contribution in [0.15, 0.2) is 36.4 Å². The van der Waals surface area contributed by atoms with E-state index in [1.54, 1.807) is 0 Å². The second kappa shape index (κ2) is 4.24. The van der Waals surface area contributed by atoms with Gasteiger partial charge in [-0.3, -0.25) is 0 Å². The van der Waals surface area contributed by atoms with E-state index in [9.17, 15) is 0 Å². The lowest BCUT2D eigenvalue weighted by molar-refractivity contribution is 0.824. The van der Waals surface area contributed by atoms with E-state index in [1.165, 1.54) is 24.9 Å². The van der Waals surface area contributed by atoms with Crippen molar-refractivity contribution in [1.29, 1.82) is 0 Å². The molecule has 1 atom stereocenters. The topological polar surface area (TPSA) is 21.9 Å². The van der Waals surface area contributed by atoms with E-state index in [2.05, 4.69) is 41.7 Å². The molecule has 2 rings (SSSR count). The molecule has 1 heteroatoms. The number of benzene rings is 1. The van der Waals surface area contributed by atoms with E-state index in [0.717, 1.165) is 6.04 Å². The fraction of sp³-hybridized carbons (Fsp3) is 0.333. The first kappa shape index (κ1) is 8.52. The third-order valence-electron chi connectivity index (χ3n) is 2.28. The van der Waals surface area contributed by atoms with Crippen LogP contribution in [0.3, 0.4) is 0 Å². The SMILES string of the molecule is C(=Cc1ccccc1)CCC1CN1. The average Bonchev–Trinajstić information content (AvgIpc) is 2.98. The van der Waals surface area contributed by atoms with Crippen molar-refractivity contribution >= 4 is 6.08 Å². The van der Waals surface area contributed by atoms with Crippen LogP contribution in [0.25, 0.3) is 6.08 Å². The molecule has 0 aromatic heterocycles. The molecule has 13 heavy (non-hydrogen) atoms. The number of allylic oxidation sites excluding steroid dienone is 1. The maximum atomic E-state index is 3.30. The average molecular weight is 173 g/mol. The van der Waals surface area contributed by atoms with Crippen LogP contribution in [-0.2, 0) is 0 Å². The van der Waals surface area contributed by atoms with Crippen LogP contribution >= 0.6 is 0 Å². The first-order valence-electron chi connectivity index (χ1n) is 4.90. The van der Waals surface area contributed by atoms with Crippen LogP contribution in [0.5, 0.6) is 0 Å².